The molecule has 2 rings (SSSR count). The van der Waals surface area contributed by atoms with E-state index < -0.39 is 0 Å². The number of nitrogens with one attached hydrogen (secondary N) is 1. The number of hydrogen-bond donors (Lipinski definition) is 1. The van der Waals surface area contributed by atoms with Crippen LogP contribution in [0.2, 0.25) is 0 Å². The maximum absolute atomic E-state index is 12.3. The monoisotopic (exact) mass is 315 g/mol. The molecule has 6 nitrogen and oxygen atoms in total. The molecule has 0 saturated heterocycles. The van der Waals surface area contributed by atoms with Crippen LogP contribution in [-0.2, 0) is 6.54 Å². The van der Waals surface area contributed by atoms with Crippen LogP contribution in [-0.4, -0.2) is 39.3 Å². The molecule has 6 heteroatoms. The molecule has 0 spiro atoms. The molecule has 0 aromatic carbocycles. The number of nitrogens with zero attached hydrogens (tertiary/aromatic N) is 4. The van der Waals surface area contributed by atoms with Crippen molar-refractivity contribution in [2.45, 2.75) is 39.3 Å². The number of urea groups is 1. The summed E-state index contributed by atoms with van der Waals surface area (Å²) in [6.45, 7) is 5.54. The highest BCUT2D eigenvalue weighted by atomic mass is 16.2. The summed E-state index contributed by atoms with van der Waals surface area (Å²) >= 11 is 0. The summed E-state index contributed by atoms with van der Waals surface area (Å²) in [5, 5.41) is 7.21. The van der Waals surface area contributed by atoms with Crippen LogP contribution < -0.4 is 5.32 Å². The van der Waals surface area contributed by atoms with Gasteiger partial charge in [-0.3, -0.25) is 9.67 Å². The number of pyridine rings is 1. The zero-order valence-electron chi connectivity index (χ0n) is 14.1. The highest BCUT2D eigenvalue weighted by Crippen LogP contribution is 2.21. The van der Waals surface area contributed by atoms with Crippen molar-refractivity contribution in [3.63, 3.8) is 0 Å². The first kappa shape index (κ1) is 17.0. The fourth-order valence-corrected chi connectivity index (χ4v) is 2.61. The summed E-state index contributed by atoms with van der Waals surface area (Å²) in [5.74, 6) is 0. The third kappa shape index (κ3) is 4.81. The molecule has 0 aliphatic rings. The number of hydrogen-bond acceptors (Lipinski definition) is 3. The molecular weight excluding hydrogens is 290 g/mol. The van der Waals surface area contributed by atoms with E-state index in [9.17, 15) is 4.79 Å². The SMILES string of the molecule is CCC(c1ccncc1)N(C)C(=O)NCCCn1cc(C)cn1. The van der Waals surface area contributed by atoms with E-state index in [-0.39, 0.29) is 12.1 Å². The quantitative estimate of drug-likeness (QED) is 0.799. The lowest BCUT2D eigenvalue weighted by molar-refractivity contribution is 0.188. The molecule has 0 bridgehead atoms. The van der Waals surface area contributed by atoms with E-state index in [1.54, 1.807) is 17.3 Å². The van der Waals surface area contributed by atoms with E-state index in [1.807, 2.05) is 43.2 Å². The molecule has 1 N–H and O–H groups in total. The largest absolute Gasteiger partial charge is 0.338 e. The zero-order chi connectivity index (χ0) is 16.7. The molecule has 23 heavy (non-hydrogen) atoms. The molecule has 2 amide bonds. The Morgan fingerprint density at radius 3 is 2.74 bits per heavy atom. The van der Waals surface area contributed by atoms with E-state index in [0.29, 0.717) is 6.54 Å². The third-order valence-electron chi connectivity index (χ3n) is 3.87. The van der Waals surface area contributed by atoms with Crippen LogP contribution in [0.25, 0.3) is 0 Å². The van der Waals surface area contributed by atoms with Crippen LogP contribution in [0.3, 0.4) is 0 Å². The van der Waals surface area contributed by atoms with Crippen molar-refractivity contribution < 1.29 is 4.79 Å². The lowest BCUT2D eigenvalue weighted by atomic mass is 10.1. The van der Waals surface area contributed by atoms with Crippen LogP contribution >= 0.6 is 0 Å². The van der Waals surface area contributed by atoms with Gasteiger partial charge in [-0.05, 0) is 43.0 Å². The van der Waals surface area contributed by atoms with E-state index in [4.69, 9.17) is 0 Å². The Morgan fingerprint density at radius 1 is 1.39 bits per heavy atom. The van der Waals surface area contributed by atoms with Crippen molar-refractivity contribution in [1.29, 1.82) is 0 Å². The topological polar surface area (TPSA) is 63.1 Å². The maximum atomic E-state index is 12.3. The standard InChI is InChI=1S/C17H25N5O/c1-4-16(15-6-9-18-10-7-15)21(3)17(23)19-8-5-11-22-13-14(2)12-20-22/h6-7,9-10,12-13,16H,4-5,8,11H2,1-3H3,(H,19,23). The molecule has 2 aromatic heterocycles. The molecule has 1 unspecified atom stereocenters. The lowest BCUT2D eigenvalue weighted by Gasteiger charge is -2.27. The number of aryl methyl sites for hydroxylation is 2. The van der Waals surface area contributed by atoms with Gasteiger partial charge in [0.25, 0.3) is 0 Å². The Balaban J connectivity index is 1.79. The maximum Gasteiger partial charge on any atom is 0.317 e. The number of aromatic nitrogens is 3. The van der Waals surface area contributed by atoms with Crippen LogP contribution in [0, 0.1) is 6.92 Å². The van der Waals surface area contributed by atoms with Crippen molar-refractivity contribution in [3.8, 4) is 0 Å². The summed E-state index contributed by atoms with van der Waals surface area (Å²) < 4.78 is 1.90. The highest BCUT2D eigenvalue weighted by molar-refractivity contribution is 5.74. The predicted molar refractivity (Wildman–Crippen MR) is 90.0 cm³/mol. The Bertz CT molecular complexity index is 610. The van der Waals surface area contributed by atoms with Crippen molar-refractivity contribution in [2.75, 3.05) is 13.6 Å². The first-order valence-electron chi connectivity index (χ1n) is 8.01. The normalized spacial score (nSPS) is 12.0. The molecule has 1 atom stereocenters. The van der Waals surface area contributed by atoms with Gasteiger partial charge in [-0.25, -0.2) is 4.79 Å². The van der Waals surface area contributed by atoms with Crippen molar-refractivity contribution in [3.05, 3.63) is 48.0 Å². The number of rotatable bonds is 7. The zero-order valence-corrected chi connectivity index (χ0v) is 14.1. The van der Waals surface area contributed by atoms with E-state index in [2.05, 4.69) is 22.3 Å². The molecule has 124 valence electrons. The molecule has 2 aromatic rings. The van der Waals surface area contributed by atoms with Crippen LogP contribution in [0.5, 0.6) is 0 Å². The van der Waals surface area contributed by atoms with Gasteiger partial charge in [0.2, 0.25) is 0 Å². The highest BCUT2D eigenvalue weighted by Gasteiger charge is 2.19. The van der Waals surface area contributed by atoms with Gasteiger partial charge < -0.3 is 10.2 Å². The van der Waals surface area contributed by atoms with Gasteiger partial charge in [0.1, 0.15) is 0 Å². The minimum Gasteiger partial charge on any atom is -0.338 e. The smallest absolute Gasteiger partial charge is 0.317 e. The summed E-state index contributed by atoms with van der Waals surface area (Å²) in [7, 11) is 1.83. The summed E-state index contributed by atoms with van der Waals surface area (Å²) in [6.07, 6.45) is 9.08. The summed E-state index contributed by atoms with van der Waals surface area (Å²) in [6, 6.07) is 3.92. The molecule has 0 radical (unpaired) electrons. The molecule has 0 saturated carbocycles. The Morgan fingerprint density at radius 2 is 2.13 bits per heavy atom. The summed E-state index contributed by atoms with van der Waals surface area (Å²) in [4.78, 5) is 18.1. The van der Waals surface area contributed by atoms with Gasteiger partial charge in [-0.2, -0.15) is 5.10 Å². The predicted octanol–water partition coefficient (Wildman–Crippen LogP) is 2.77. The van der Waals surface area contributed by atoms with Gasteiger partial charge in [0.05, 0.1) is 12.2 Å². The second-order valence-corrected chi connectivity index (χ2v) is 5.68. The van der Waals surface area contributed by atoms with Gasteiger partial charge >= 0.3 is 6.03 Å². The van der Waals surface area contributed by atoms with Crippen LogP contribution in [0.4, 0.5) is 4.79 Å². The first-order valence-corrected chi connectivity index (χ1v) is 8.01. The van der Waals surface area contributed by atoms with Gasteiger partial charge in [0, 0.05) is 38.7 Å². The Kier molecular flexibility index (Phi) is 6.14. The molecule has 2 heterocycles. The number of carbonyl (C=O) groups is 1. The molecular formula is C17H25N5O. The van der Waals surface area contributed by atoms with Gasteiger partial charge in [-0.1, -0.05) is 6.92 Å². The van der Waals surface area contributed by atoms with Crippen molar-refractivity contribution in [1.82, 2.24) is 25.0 Å². The van der Waals surface area contributed by atoms with E-state index in [1.165, 1.54) is 0 Å². The second-order valence-electron chi connectivity index (χ2n) is 5.68. The molecule has 0 aliphatic carbocycles. The van der Waals surface area contributed by atoms with Crippen molar-refractivity contribution in [2.24, 2.45) is 0 Å². The average Bonchev–Trinajstić information content (AvgIpc) is 2.98. The second kappa shape index (κ2) is 8.31. The number of amides is 2. The molecule has 0 fully saturated rings. The fourth-order valence-electron chi connectivity index (χ4n) is 2.61. The van der Waals surface area contributed by atoms with Gasteiger partial charge in [-0.15, -0.1) is 0 Å². The van der Waals surface area contributed by atoms with Crippen LogP contribution in [0.1, 0.15) is 36.9 Å². The van der Waals surface area contributed by atoms with Crippen LogP contribution in [0.15, 0.2) is 36.9 Å². The summed E-state index contributed by atoms with van der Waals surface area (Å²) in [5.41, 5.74) is 2.25. The average molecular weight is 315 g/mol. The Labute approximate surface area is 137 Å². The van der Waals surface area contributed by atoms with E-state index >= 15 is 0 Å². The minimum atomic E-state index is -0.0506. The third-order valence-corrected chi connectivity index (χ3v) is 3.87. The minimum absolute atomic E-state index is 0.0506. The van der Waals surface area contributed by atoms with Gasteiger partial charge in [0.15, 0.2) is 0 Å². The lowest BCUT2D eigenvalue weighted by Crippen LogP contribution is -2.40. The number of carbonyl (C=O) groups excluding carboxylic acids is 1. The Hall–Kier alpha value is -2.37. The van der Waals surface area contributed by atoms with E-state index in [0.717, 1.165) is 30.5 Å². The van der Waals surface area contributed by atoms with Crippen molar-refractivity contribution >= 4 is 6.03 Å². The molecule has 0 aliphatic heterocycles. The first-order chi connectivity index (χ1) is 11.1. The fraction of sp³-hybridized carbons (Fsp3) is 0.471.